The Labute approximate surface area is 132 Å². The van der Waals surface area contributed by atoms with Crippen molar-refractivity contribution in [3.05, 3.63) is 47.9 Å². The quantitative estimate of drug-likeness (QED) is 0.795. The highest BCUT2D eigenvalue weighted by Crippen LogP contribution is 2.38. The highest BCUT2D eigenvalue weighted by molar-refractivity contribution is 5.93. The van der Waals surface area contributed by atoms with E-state index in [0.717, 1.165) is 24.2 Å². The van der Waals surface area contributed by atoms with Crippen LogP contribution in [0.1, 0.15) is 53.9 Å². The largest absolute Gasteiger partial charge is 0.339 e. The summed E-state index contributed by atoms with van der Waals surface area (Å²) in [5.74, 6) is 1.24. The van der Waals surface area contributed by atoms with E-state index in [2.05, 4.69) is 25.4 Å². The van der Waals surface area contributed by atoms with E-state index in [-0.39, 0.29) is 17.6 Å². The van der Waals surface area contributed by atoms with Gasteiger partial charge < -0.3 is 9.84 Å². The van der Waals surface area contributed by atoms with Crippen molar-refractivity contribution in [1.82, 2.24) is 25.4 Å². The maximum Gasteiger partial charge on any atom is 0.272 e. The van der Waals surface area contributed by atoms with Crippen LogP contribution in [0.2, 0.25) is 0 Å². The Kier molecular flexibility index (Phi) is 3.25. The fourth-order valence-electron chi connectivity index (χ4n) is 2.33. The van der Waals surface area contributed by atoms with Crippen LogP contribution in [0.15, 0.2) is 35.0 Å². The third-order valence-electron chi connectivity index (χ3n) is 3.80. The van der Waals surface area contributed by atoms with Gasteiger partial charge in [0.05, 0.1) is 17.2 Å². The lowest BCUT2D eigenvalue weighted by Gasteiger charge is -2.09. The van der Waals surface area contributed by atoms with Crippen LogP contribution in [0.4, 0.5) is 0 Å². The van der Waals surface area contributed by atoms with Gasteiger partial charge in [0.2, 0.25) is 5.89 Å². The Balaban J connectivity index is 1.50. The van der Waals surface area contributed by atoms with Gasteiger partial charge in [0, 0.05) is 5.92 Å². The molecule has 0 bridgehead atoms. The molecule has 1 aliphatic carbocycles. The molecule has 2 aromatic heterocycles. The Hall–Kier alpha value is -2.83. The van der Waals surface area contributed by atoms with Gasteiger partial charge in [0.25, 0.3) is 5.91 Å². The van der Waals surface area contributed by atoms with Crippen molar-refractivity contribution < 1.29 is 9.32 Å². The van der Waals surface area contributed by atoms with Gasteiger partial charge in [-0.1, -0.05) is 17.3 Å². The lowest BCUT2D eigenvalue weighted by atomic mass is 10.2. The Bertz CT molecular complexity index is 872. The normalized spacial score (nSPS) is 15.5. The number of hydrogen-bond donors (Lipinski definition) is 1. The zero-order valence-corrected chi connectivity index (χ0v) is 12.6. The highest BCUT2D eigenvalue weighted by Gasteiger charge is 2.30. The molecule has 3 aromatic rings. The summed E-state index contributed by atoms with van der Waals surface area (Å²) in [4.78, 5) is 25.2. The number of fused-ring (bicyclic) bond motifs is 1. The predicted octanol–water partition coefficient (Wildman–Crippen LogP) is 2.38. The van der Waals surface area contributed by atoms with Crippen LogP contribution in [0.25, 0.3) is 11.0 Å². The summed E-state index contributed by atoms with van der Waals surface area (Å²) >= 11 is 0. The number of benzene rings is 1. The molecule has 116 valence electrons. The van der Waals surface area contributed by atoms with Gasteiger partial charge in [-0.2, -0.15) is 4.98 Å². The zero-order valence-electron chi connectivity index (χ0n) is 12.6. The minimum atomic E-state index is -0.379. The van der Waals surface area contributed by atoms with Crippen molar-refractivity contribution >= 4 is 16.9 Å². The highest BCUT2D eigenvalue weighted by atomic mass is 16.5. The topological polar surface area (TPSA) is 93.8 Å². The first-order valence-electron chi connectivity index (χ1n) is 7.57. The molecule has 0 spiro atoms. The molecule has 1 saturated carbocycles. The smallest absolute Gasteiger partial charge is 0.272 e. The molecule has 0 saturated heterocycles. The van der Waals surface area contributed by atoms with E-state index in [1.54, 1.807) is 6.92 Å². The molecular formula is C16H15N5O2. The van der Waals surface area contributed by atoms with Crippen LogP contribution in [0.3, 0.4) is 0 Å². The molecular weight excluding hydrogens is 294 g/mol. The van der Waals surface area contributed by atoms with Gasteiger partial charge in [0.1, 0.15) is 11.7 Å². The Morgan fingerprint density at radius 2 is 2.04 bits per heavy atom. The second kappa shape index (κ2) is 5.42. The molecule has 0 aliphatic heterocycles. The van der Waals surface area contributed by atoms with Gasteiger partial charge in [-0.05, 0) is 31.9 Å². The van der Waals surface area contributed by atoms with Gasteiger partial charge in [0.15, 0.2) is 5.82 Å². The molecule has 1 amide bonds. The molecule has 23 heavy (non-hydrogen) atoms. The number of carbonyl (C=O) groups is 1. The maximum atomic E-state index is 12.3. The lowest BCUT2D eigenvalue weighted by molar-refractivity contribution is 0.0927. The van der Waals surface area contributed by atoms with E-state index >= 15 is 0 Å². The predicted molar refractivity (Wildman–Crippen MR) is 81.7 cm³/mol. The van der Waals surface area contributed by atoms with Gasteiger partial charge >= 0.3 is 0 Å². The lowest BCUT2D eigenvalue weighted by Crippen LogP contribution is -2.27. The third-order valence-corrected chi connectivity index (χ3v) is 3.80. The van der Waals surface area contributed by atoms with E-state index in [0.29, 0.717) is 17.3 Å². The molecule has 1 fully saturated rings. The van der Waals surface area contributed by atoms with E-state index in [1.165, 1.54) is 6.20 Å². The second-order valence-electron chi connectivity index (χ2n) is 5.70. The van der Waals surface area contributed by atoms with Crippen LogP contribution >= 0.6 is 0 Å². The van der Waals surface area contributed by atoms with Crippen molar-refractivity contribution in [2.24, 2.45) is 0 Å². The van der Waals surface area contributed by atoms with Crippen LogP contribution in [0, 0.1) is 0 Å². The first-order valence-corrected chi connectivity index (χ1v) is 7.57. The summed E-state index contributed by atoms with van der Waals surface area (Å²) in [7, 11) is 0. The molecule has 2 heterocycles. The molecule has 4 rings (SSSR count). The third kappa shape index (κ3) is 2.77. The number of aromatic nitrogens is 4. The fraction of sp³-hybridized carbons (Fsp3) is 0.312. The first kappa shape index (κ1) is 13.8. The molecule has 7 heteroatoms. The van der Waals surface area contributed by atoms with Crippen molar-refractivity contribution in [2.75, 3.05) is 0 Å². The van der Waals surface area contributed by atoms with Gasteiger partial charge in [-0.15, -0.1) is 0 Å². The summed E-state index contributed by atoms with van der Waals surface area (Å²) in [6.07, 6.45) is 3.67. The fourth-order valence-corrected chi connectivity index (χ4v) is 2.33. The van der Waals surface area contributed by atoms with Crippen LogP contribution in [-0.2, 0) is 0 Å². The summed E-state index contributed by atoms with van der Waals surface area (Å²) in [6.45, 7) is 1.80. The first-order chi connectivity index (χ1) is 11.2. The average Bonchev–Trinajstić information content (AvgIpc) is 3.31. The minimum Gasteiger partial charge on any atom is -0.339 e. The SMILES string of the molecule is C[C@@H](NC(=O)c1cnc2ccccc2n1)c1nc(C2CC2)no1. The number of para-hydroxylation sites is 2. The number of nitrogens with zero attached hydrogens (tertiary/aromatic N) is 4. The van der Waals surface area contributed by atoms with Crippen LogP contribution in [-0.4, -0.2) is 26.0 Å². The van der Waals surface area contributed by atoms with E-state index < -0.39 is 0 Å². The Morgan fingerprint density at radius 1 is 1.26 bits per heavy atom. The molecule has 7 nitrogen and oxygen atoms in total. The average molecular weight is 309 g/mol. The molecule has 1 N–H and O–H groups in total. The molecule has 0 unspecified atom stereocenters. The van der Waals surface area contributed by atoms with Gasteiger partial charge in [-0.25, -0.2) is 4.98 Å². The number of carbonyl (C=O) groups excluding carboxylic acids is 1. The molecule has 0 radical (unpaired) electrons. The minimum absolute atomic E-state index is 0.262. The molecule has 1 atom stereocenters. The number of hydrogen-bond acceptors (Lipinski definition) is 6. The second-order valence-corrected chi connectivity index (χ2v) is 5.70. The zero-order chi connectivity index (χ0) is 15.8. The molecule has 1 aliphatic rings. The monoisotopic (exact) mass is 309 g/mol. The van der Waals surface area contributed by atoms with E-state index in [4.69, 9.17) is 4.52 Å². The summed E-state index contributed by atoms with van der Waals surface area (Å²) in [6, 6.07) is 7.04. The van der Waals surface area contributed by atoms with E-state index in [9.17, 15) is 4.79 Å². The van der Waals surface area contributed by atoms with Crippen molar-refractivity contribution in [3.63, 3.8) is 0 Å². The van der Waals surface area contributed by atoms with Crippen molar-refractivity contribution in [2.45, 2.75) is 31.7 Å². The maximum absolute atomic E-state index is 12.3. The standard InChI is InChI=1S/C16H15N5O2/c1-9(16-20-14(21-23-16)10-6-7-10)18-15(22)13-8-17-11-4-2-3-5-12(11)19-13/h2-5,8-10H,6-7H2,1H3,(H,18,22)/t9-/m1/s1. The van der Waals surface area contributed by atoms with Crippen LogP contribution < -0.4 is 5.32 Å². The Morgan fingerprint density at radius 3 is 2.83 bits per heavy atom. The van der Waals surface area contributed by atoms with Crippen molar-refractivity contribution in [1.29, 1.82) is 0 Å². The summed E-state index contributed by atoms with van der Waals surface area (Å²) < 4.78 is 5.22. The molecule has 1 aromatic carbocycles. The van der Waals surface area contributed by atoms with E-state index in [1.807, 2.05) is 24.3 Å². The number of nitrogens with one attached hydrogen (secondary N) is 1. The number of rotatable bonds is 4. The number of amides is 1. The summed E-state index contributed by atoms with van der Waals surface area (Å²) in [5.41, 5.74) is 1.70. The van der Waals surface area contributed by atoms with Gasteiger partial charge in [-0.3, -0.25) is 9.78 Å². The van der Waals surface area contributed by atoms with Crippen molar-refractivity contribution in [3.8, 4) is 0 Å². The summed E-state index contributed by atoms with van der Waals surface area (Å²) in [5, 5.41) is 6.77. The van der Waals surface area contributed by atoms with Crippen LogP contribution in [0.5, 0.6) is 0 Å².